The first kappa shape index (κ1) is 16.3. The van der Waals surface area contributed by atoms with Crippen LogP contribution in [-0.4, -0.2) is 48.5 Å². The molecule has 1 fully saturated rings. The van der Waals surface area contributed by atoms with Gasteiger partial charge in [-0.25, -0.2) is 4.68 Å². The predicted octanol–water partition coefficient (Wildman–Crippen LogP) is 2.06. The number of aliphatic hydroxyl groups is 1. The minimum Gasteiger partial charge on any atom is -0.393 e. The Bertz CT molecular complexity index is 701. The molecule has 0 spiro atoms. The summed E-state index contributed by atoms with van der Waals surface area (Å²) in [5.74, 6) is 1.25. The van der Waals surface area contributed by atoms with Crippen molar-refractivity contribution >= 4 is 12.2 Å². The van der Waals surface area contributed by atoms with Crippen molar-refractivity contribution in [2.24, 2.45) is 13.0 Å². The molecule has 0 radical (unpaired) electrons. The Balaban J connectivity index is 1.74. The van der Waals surface area contributed by atoms with E-state index in [-0.39, 0.29) is 6.10 Å². The summed E-state index contributed by atoms with van der Waals surface area (Å²) in [7, 11) is 1.94. The van der Waals surface area contributed by atoms with Crippen molar-refractivity contribution in [1.29, 1.82) is 0 Å². The van der Waals surface area contributed by atoms with Gasteiger partial charge in [0.25, 0.3) is 0 Å². The standard InChI is InChI=1S/C16H23N5OS/c1-12(22)13-5-8-20(9-6-13)11-21-16(23)19(2)15(18-21)14-4-3-7-17-10-14/h3-4,7,10,12-13,22H,5-6,8-9,11H2,1-2H3. The van der Waals surface area contributed by atoms with Crippen molar-refractivity contribution in [3.63, 3.8) is 0 Å². The average Bonchev–Trinajstić information content (AvgIpc) is 2.85. The fourth-order valence-corrected chi connectivity index (χ4v) is 3.28. The molecule has 124 valence electrons. The second-order valence-electron chi connectivity index (χ2n) is 6.24. The fraction of sp³-hybridized carbons (Fsp3) is 0.562. The molecule has 0 saturated carbocycles. The highest BCUT2D eigenvalue weighted by Gasteiger charge is 2.23. The number of pyridine rings is 1. The van der Waals surface area contributed by atoms with Gasteiger partial charge in [-0.15, -0.1) is 0 Å². The summed E-state index contributed by atoms with van der Waals surface area (Å²) in [5.41, 5.74) is 0.965. The molecule has 1 N–H and O–H groups in total. The summed E-state index contributed by atoms with van der Waals surface area (Å²) < 4.78 is 4.51. The van der Waals surface area contributed by atoms with Crippen LogP contribution in [0.3, 0.4) is 0 Å². The van der Waals surface area contributed by atoms with Crippen molar-refractivity contribution in [3.8, 4) is 11.4 Å². The molecule has 1 aliphatic rings. The normalized spacial score (nSPS) is 18.2. The molecule has 3 heterocycles. The van der Waals surface area contributed by atoms with E-state index < -0.39 is 0 Å². The number of likely N-dealkylation sites (tertiary alicyclic amines) is 1. The molecule has 0 bridgehead atoms. The van der Waals surface area contributed by atoms with Crippen LogP contribution < -0.4 is 0 Å². The van der Waals surface area contributed by atoms with Crippen LogP contribution in [0.5, 0.6) is 0 Å². The number of aromatic nitrogens is 4. The van der Waals surface area contributed by atoms with Gasteiger partial charge in [0.15, 0.2) is 10.6 Å². The number of hydrogen-bond donors (Lipinski definition) is 1. The van der Waals surface area contributed by atoms with E-state index in [1.54, 1.807) is 12.4 Å². The summed E-state index contributed by atoms with van der Waals surface area (Å²) >= 11 is 5.52. The van der Waals surface area contributed by atoms with Crippen LogP contribution in [0.25, 0.3) is 11.4 Å². The average molecular weight is 333 g/mol. The molecule has 1 unspecified atom stereocenters. The van der Waals surface area contributed by atoms with E-state index in [1.807, 2.05) is 35.4 Å². The lowest BCUT2D eigenvalue weighted by Crippen LogP contribution is -2.38. The first-order valence-corrected chi connectivity index (χ1v) is 8.41. The van der Waals surface area contributed by atoms with Crippen LogP contribution in [0.2, 0.25) is 0 Å². The second-order valence-corrected chi connectivity index (χ2v) is 6.61. The quantitative estimate of drug-likeness (QED) is 0.868. The number of hydrogen-bond acceptors (Lipinski definition) is 5. The zero-order chi connectivity index (χ0) is 16.4. The van der Waals surface area contributed by atoms with Gasteiger partial charge in [0.1, 0.15) is 0 Å². The third-order valence-electron chi connectivity index (χ3n) is 4.61. The van der Waals surface area contributed by atoms with Crippen LogP contribution in [0, 0.1) is 10.7 Å². The Kier molecular flexibility index (Phi) is 4.89. The first-order valence-electron chi connectivity index (χ1n) is 8.01. The molecule has 2 aromatic rings. The van der Waals surface area contributed by atoms with E-state index >= 15 is 0 Å². The van der Waals surface area contributed by atoms with Crippen molar-refractivity contribution in [3.05, 3.63) is 29.3 Å². The third kappa shape index (κ3) is 3.52. The smallest absolute Gasteiger partial charge is 0.199 e. The maximum absolute atomic E-state index is 9.70. The minimum absolute atomic E-state index is 0.216. The summed E-state index contributed by atoms with van der Waals surface area (Å²) in [6.45, 7) is 4.51. The van der Waals surface area contributed by atoms with E-state index in [9.17, 15) is 5.11 Å². The minimum atomic E-state index is -0.216. The van der Waals surface area contributed by atoms with Crippen molar-refractivity contribution in [2.45, 2.75) is 32.5 Å². The summed E-state index contributed by atoms with van der Waals surface area (Å²) in [4.78, 5) is 6.49. The third-order valence-corrected chi connectivity index (χ3v) is 5.09. The Hall–Kier alpha value is -1.57. The van der Waals surface area contributed by atoms with Crippen molar-refractivity contribution < 1.29 is 5.11 Å². The maximum atomic E-state index is 9.70. The Morgan fingerprint density at radius 1 is 1.39 bits per heavy atom. The summed E-state index contributed by atoms with van der Waals surface area (Å²) in [6.07, 6.45) is 5.38. The van der Waals surface area contributed by atoms with E-state index in [0.717, 1.165) is 37.3 Å². The van der Waals surface area contributed by atoms with Crippen molar-refractivity contribution in [1.82, 2.24) is 24.2 Å². The van der Waals surface area contributed by atoms with Crippen LogP contribution >= 0.6 is 12.2 Å². The number of aliphatic hydroxyl groups excluding tert-OH is 1. The highest BCUT2D eigenvalue weighted by molar-refractivity contribution is 7.71. The van der Waals surface area contributed by atoms with Gasteiger partial charge in [-0.3, -0.25) is 9.88 Å². The highest BCUT2D eigenvalue weighted by atomic mass is 32.1. The van der Waals surface area contributed by atoms with E-state index in [0.29, 0.717) is 17.4 Å². The number of nitrogens with zero attached hydrogens (tertiary/aromatic N) is 5. The lowest BCUT2D eigenvalue weighted by Gasteiger charge is -2.32. The van der Waals surface area contributed by atoms with Gasteiger partial charge in [-0.05, 0) is 50.0 Å². The molecule has 7 heteroatoms. The van der Waals surface area contributed by atoms with Crippen LogP contribution in [0.1, 0.15) is 19.8 Å². The zero-order valence-electron chi connectivity index (χ0n) is 13.6. The molecule has 1 saturated heterocycles. The molecule has 1 atom stereocenters. The van der Waals surface area contributed by atoms with Crippen molar-refractivity contribution in [2.75, 3.05) is 13.1 Å². The maximum Gasteiger partial charge on any atom is 0.199 e. The number of rotatable bonds is 4. The highest BCUT2D eigenvalue weighted by Crippen LogP contribution is 2.21. The largest absolute Gasteiger partial charge is 0.393 e. The molecule has 0 aliphatic carbocycles. The second kappa shape index (κ2) is 6.90. The Morgan fingerprint density at radius 2 is 2.13 bits per heavy atom. The topological polar surface area (TPSA) is 59.1 Å². The van der Waals surface area contributed by atoms with E-state index in [1.165, 1.54) is 0 Å². The Morgan fingerprint density at radius 3 is 2.74 bits per heavy atom. The SMILES string of the molecule is CC(O)C1CCN(Cn2nc(-c3cccnc3)n(C)c2=S)CC1. The van der Waals surface area contributed by atoms with Gasteiger partial charge in [0.05, 0.1) is 12.8 Å². The van der Waals surface area contributed by atoms with Gasteiger partial charge in [-0.2, -0.15) is 5.10 Å². The molecule has 1 aliphatic heterocycles. The molecule has 0 amide bonds. The monoisotopic (exact) mass is 333 g/mol. The lowest BCUT2D eigenvalue weighted by atomic mass is 9.92. The molecule has 6 nitrogen and oxygen atoms in total. The van der Waals surface area contributed by atoms with Crippen LogP contribution in [-0.2, 0) is 13.7 Å². The lowest BCUT2D eigenvalue weighted by molar-refractivity contribution is 0.0592. The predicted molar refractivity (Wildman–Crippen MR) is 91.2 cm³/mol. The molecule has 23 heavy (non-hydrogen) atoms. The summed E-state index contributed by atoms with van der Waals surface area (Å²) in [5, 5.41) is 14.4. The van der Waals surface area contributed by atoms with Crippen LogP contribution in [0.15, 0.2) is 24.5 Å². The fourth-order valence-electron chi connectivity index (χ4n) is 3.09. The molecule has 3 rings (SSSR count). The van der Waals surface area contributed by atoms with Gasteiger partial charge in [0, 0.05) is 38.1 Å². The van der Waals surface area contributed by atoms with Gasteiger partial charge < -0.3 is 9.67 Å². The molecular formula is C16H23N5OS. The Labute approximate surface area is 141 Å². The van der Waals surface area contributed by atoms with Gasteiger partial charge >= 0.3 is 0 Å². The molecule has 0 aromatic carbocycles. The molecule has 2 aromatic heterocycles. The first-order chi connectivity index (χ1) is 11.1. The van der Waals surface area contributed by atoms with Crippen LogP contribution in [0.4, 0.5) is 0 Å². The number of piperidine rings is 1. The van der Waals surface area contributed by atoms with Gasteiger partial charge in [-0.1, -0.05) is 0 Å². The van der Waals surface area contributed by atoms with E-state index in [4.69, 9.17) is 12.2 Å². The van der Waals surface area contributed by atoms with Gasteiger partial charge in [0.2, 0.25) is 0 Å². The summed E-state index contributed by atoms with van der Waals surface area (Å²) in [6, 6.07) is 3.89. The zero-order valence-corrected chi connectivity index (χ0v) is 14.4. The molecular weight excluding hydrogens is 310 g/mol. The van der Waals surface area contributed by atoms with E-state index in [2.05, 4.69) is 15.0 Å².